The zero-order chi connectivity index (χ0) is 26.6. The highest BCUT2D eigenvalue weighted by atomic mass is 32.2. The lowest BCUT2D eigenvalue weighted by Gasteiger charge is -2.31. The van der Waals surface area contributed by atoms with Crippen molar-refractivity contribution >= 4 is 39.0 Å². The number of aryl methyl sites for hydroxylation is 1. The van der Waals surface area contributed by atoms with Crippen LogP contribution in [0.5, 0.6) is 0 Å². The van der Waals surface area contributed by atoms with E-state index in [2.05, 4.69) is 12.2 Å². The Bertz CT molecular complexity index is 1270. The van der Waals surface area contributed by atoms with Crippen LogP contribution < -0.4 is 10.2 Å². The van der Waals surface area contributed by atoms with E-state index < -0.39 is 33.4 Å². The summed E-state index contributed by atoms with van der Waals surface area (Å²) >= 11 is 0. The molecule has 1 fully saturated rings. The maximum absolute atomic E-state index is 12.5. The second-order valence-electron chi connectivity index (χ2n) is 9.02. The molecule has 1 N–H and O–H groups in total. The normalized spacial score (nSPS) is 14.5. The Hall–Kier alpha value is -3.51. The molecule has 0 unspecified atom stereocenters. The van der Waals surface area contributed by atoms with Crippen LogP contribution >= 0.6 is 0 Å². The zero-order valence-electron chi connectivity index (χ0n) is 20.7. The van der Waals surface area contributed by atoms with E-state index in [4.69, 9.17) is 4.74 Å². The number of carbonyl (C=O) groups excluding carboxylic acids is 2. The number of ether oxygens (including phenoxy) is 1. The number of nitrogens with one attached hydrogen (secondary N) is 1. The van der Waals surface area contributed by atoms with Crippen LogP contribution in [0.15, 0.2) is 41.3 Å². The number of carbonyl (C=O) groups is 2. The quantitative estimate of drug-likeness (QED) is 0.319. The Kier molecular flexibility index (Phi) is 8.31. The fraction of sp³-hybridized carbons (Fsp3) is 0.417. The second kappa shape index (κ2) is 11.0. The molecule has 0 saturated carbocycles. The summed E-state index contributed by atoms with van der Waals surface area (Å²) in [5, 5.41) is 14.2. The summed E-state index contributed by atoms with van der Waals surface area (Å²) in [6, 6.07) is 8.45. The van der Waals surface area contributed by atoms with Gasteiger partial charge in [0.05, 0.1) is 15.4 Å². The van der Waals surface area contributed by atoms with Crippen molar-refractivity contribution in [3.63, 3.8) is 0 Å². The molecule has 0 radical (unpaired) electrons. The predicted molar refractivity (Wildman–Crippen MR) is 135 cm³/mol. The molecule has 1 amide bonds. The maximum atomic E-state index is 12.5. The van der Waals surface area contributed by atoms with E-state index >= 15 is 0 Å². The number of benzene rings is 2. The van der Waals surface area contributed by atoms with Crippen LogP contribution in [0.4, 0.5) is 17.1 Å². The van der Waals surface area contributed by atoms with Gasteiger partial charge < -0.3 is 15.0 Å². The summed E-state index contributed by atoms with van der Waals surface area (Å²) in [5.74, 6) is -1.00. The van der Waals surface area contributed by atoms with E-state index in [-0.39, 0.29) is 21.8 Å². The Morgan fingerprint density at radius 1 is 1.17 bits per heavy atom. The molecule has 0 aromatic heterocycles. The van der Waals surface area contributed by atoms with E-state index in [9.17, 15) is 28.1 Å². The third-order valence-electron chi connectivity index (χ3n) is 6.13. The average Bonchev–Trinajstić information content (AvgIpc) is 2.83. The number of nitro groups is 1. The van der Waals surface area contributed by atoms with E-state index in [0.717, 1.165) is 23.2 Å². The van der Waals surface area contributed by atoms with E-state index in [1.807, 2.05) is 4.90 Å². The van der Waals surface area contributed by atoms with Crippen molar-refractivity contribution in [2.24, 2.45) is 5.92 Å². The summed E-state index contributed by atoms with van der Waals surface area (Å²) < 4.78 is 30.8. The van der Waals surface area contributed by atoms with Gasteiger partial charge in [0.2, 0.25) is 10.0 Å². The number of nitro benzene ring substituents is 1. The van der Waals surface area contributed by atoms with Gasteiger partial charge in [0.1, 0.15) is 5.69 Å². The van der Waals surface area contributed by atoms with Crippen molar-refractivity contribution in [1.82, 2.24) is 4.31 Å². The average molecular weight is 519 g/mol. The minimum atomic E-state index is -3.70. The highest BCUT2D eigenvalue weighted by Crippen LogP contribution is 2.32. The number of hydrogen-bond donors (Lipinski definition) is 1. The van der Waals surface area contributed by atoms with Gasteiger partial charge in [-0.2, -0.15) is 0 Å². The second-order valence-corrected chi connectivity index (χ2v) is 11.2. The fourth-order valence-corrected chi connectivity index (χ4v) is 4.75. The molecule has 3 rings (SSSR count). The molecule has 0 bridgehead atoms. The molecule has 0 spiro atoms. The van der Waals surface area contributed by atoms with Crippen molar-refractivity contribution in [2.75, 3.05) is 44.0 Å². The smallest absolute Gasteiger partial charge is 0.338 e. The summed E-state index contributed by atoms with van der Waals surface area (Å²) in [7, 11) is -0.902. The fourth-order valence-electron chi connectivity index (χ4n) is 3.82. The minimum absolute atomic E-state index is 0.000886. The van der Waals surface area contributed by atoms with Crippen LogP contribution in [-0.2, 0) is 19.6 Å². The number of esters is 1. The summed E-state index contributed by atoms with van der Waals surface area (Å²) in [6.45, 7) is 4.58. The van der Waals surface area contributed by atoms with Gasteiger partial charge in [-0.15, -0.1) is 0 Å². The molecule has 36 heavy (non-hydrogen) atoms. The van der Waals surface area contributed by atoms with Crippen LogP contribution in [0.3, 0.4) is 0 Å². The predicted octanol–water partition coefficient (Wildman–Crippen LogP) is 3.19. The molecule has 1 aliphatic rings. The SMILES string of the molecule is Cc1ccc(S(=O)(=O)N(C)C)cc1NC(=O)COC(=O)c1ccc(N2CCC(C)CC2)c([N+](=O)[O-])c1. The maximum Gasteiger partial charge on any atom is 0.338 e. The van der Waals surface area contributed by atoms with Gasteiger partial charge in [0.15, 0.2) is 6.61 Å². The first-order chi connectivity index (χ1) is 16.9. The summed E-state index contributed by atoms with van der Waals surface area (Å²) in [4.78, 5) is 38.0. The molecule has 194 valence electrons. The third-order valence-corrected chi connectivity index (χ3v) is 7.94. The van der Waals surface area contributed by atoms with E-state index in [1.165, 1.54) is 38.4 Å². The standard InChI is InChI=1S/C24H30N4O7S/c1-16-9-11-27(12-10-16)21-8-6-18(13-22(21)28(31)32)24(30)35-15-23(29)25-20-14-19(7-5-17(20)2)36(33,34)26(3)4/h5-8,13-14,16H,9-12,15H2,1-4H3,(H,25,29). The molecule has 0 aliphatic carbocycles. The molecule has 2 aromatic rings. The monoisotopic (exact) mass is 518 g/mol. The van der Waals surface area contributed by atoms with Crippen LogP contribution in [0.2, 0.25) is 0 Å². The molecule has 1 heterocycles. The van der Waals surface area contributed by atoms with Crippen molar-refractivity contribution in [3.05, 3.63) is 57.6 Å². The van der Waals surface area contributed by atoms with Gasteiger partial charge in [-0.05, 0) is 55.5 Å². The molecule has 1 saturated heterocycles. The van der Waals surface area contributed by atoms with Crippen LogP contribution in [-0.4, -0.2) is 63.3 Å². The highest BCUT2D eigenvalue weighted by molar-refractivity contribution is 7.89. The van der Waals surface area contributed by atoms with Crippen molar-refractivity contribution in [1.29, 1.82) is 0 Å². The van der Waals surface area contributed by atoms with Crippen LogP contribution in [0, 0.1) is 23.0 Å². The Balaban J connectivity index is 1.68. The molecular formula is C24H30N4O7S. The Morgan fingerprint density at radius 2 is 1.83 bits per heavy atom. The number of piperidine rings is 1. The molecule has 0 atom stereocenters. The first-order valence-electron chi connectivity index (χ1n) is 11.4. The third kappa shape index (κ3) is 6.18. The summed E-state index contributed by atoms with van der Waals surface area (Å²) in [6.07, 6.45) is 1.86. The van der Waals surface area contributed by atoms with E-state index in [1.54, 1.807) is 13.0 Å². The molecule has 2 aromatic carbocycles. The number of nitrogens with zero attached hydrogens (tertiary/aromatic N) is 3. The lowest BCUT2D eigenvalue weighted by molar-refractivity contribution is -0.384. The molecule has 11 nitrogen and oxygen atoms in total. The zero-order valence-corrected chi connectivity index (χ0v) is 21.5. The summed E-state index contributed by atoms with van der Waals surface area (Å²) in [5.41, 5.74) is 1.08. The van der Waals surface area contributed by atoms with Crippen molar-refractivity contribution in [2.45, 2.75) is 31.6 Å². The number of rotatable bonds is 8. The Labute approximate surface area is 210 Å². The number of anilines is 2. The van der Waals surface area contributed by atoms with Crippen molar-refractivity contribution in [3.8, 4) is 0 Å². The molecule has 12 heteroatoms. The van der Waals surface area contributed by atoms with Gasteiger partial charge >= 0.3 is 5.97 Å². The number of amides is 1. The van der Waals surface area contributed by atoms with Crippen molar-refractivity contribution < 1.29 is 27.7 Å². The van der Waals surface area contributed by atoms with E-state index in [0.29, 0.717) is 30.3 Å². The molecular weight excluding hydrogens is 488 g/mol. The molecule has 1 aliphatic heterocycles. The topological polar surface area (TPSA) is 139 Å². The number of sulfonamides is 1. The first kappa shape index (κ1) is 27.1. The largest absolute Gasteiger partial charge is 0.452 e. The highest BCUT2D eigenvalue weighted by Gasteiger charge is 2.25. The lowest BCUT2D eigenvalue weighted by atomic mass is 9.98. The van der Waals surface area contributed by atoms with Gasteiger partial charge in [0, 0.05) is 38.9 Å². The Morgan fingerprint density at radius 3 is 2.44 bits per heavy atom. The van der Waals surface area contributed by atoms with Gasteiger partial charge in [-0.1, -0.05) is 13.0 Å². The minimum Gasteiger partial charge on any atom is -0.452 e. The van der Waals surface area contributed by atoms with Gasteiger partial charge in [-0.3, -0.25) is 14.9 Å². The van der Waals surface area contributed by atoms with Crippen LogP contribution in [0.25, 0.3) is 0 Å². The number of hydrogen-bond acceptors (Lipinski definition) is 8. The van der Waals surface area contributed by atoms with Gasteiger partial charge in [0.25, 0.3) is 11.6 Å². The lowest BCUT2D eigenvalue weighted by Crippen LogP contribution is -2.33. The first-order valence-corrected chi connectivity index (χ1v) is 12.9. The van der Waals surface area contributed by atoms with Gasteiger partial charge in [-0.25, -0.2) is 17.5 Å². The van der Waals surface area contributed by atoms with Crippen LogP contribution in [0.1, 0.15) is 35.7 Å².